The van der Waals surface area contributed by atoms with Crippen LogP contribution in [0.5, 0.6) is 0 Å². The number of carbonyl (C=O) groups excluding carboxylic acids is 1. The molecule has 24 heavy (non-hydrogen) atoms. The molecule has 1 aliphatic carbocycles. The molecule has 0 spiro atoms. The van der Waals surface area contributed by atoms with Gasteiger partial charge in [0.2, 0.25) is 0 Å². The van der Waals surface area contributed by atoms with Crippen molar-refractivity contribution in [2.45, 2.75) is 63.5 Å². The Morgan fingerprint density at radius 3 is 2.58 bits per heavy atom. The third-order valence-electron chi connectivity index (χ3n) is 4.87. The van der Waals surface area contributed by atoms with Crippen LogP contribution < -0.4 is 5.32 Å². The minimum atomic E-state index is -4.47. The molecule has 0 radical (unpaired) electrons. The number of nitrogens with one attached hydrogen (secondary N) is 1. The Morgan fingerprint density at radius 2 is 1.96 bits per heavy atom. The van der Waals surface area contributed by atoms with Gasteiger partial charge in [0, 0.05) is 6.54 Å². The van der Waals surface area contributed by atoms with E-state index in [0.29, 0.717) is 30.8 Å². The van der Waals surface area contributed by atoms with Gasteiger partial charge in [-0.05, 0) is 12.8 Å². The van der Waals surface area contributed by atoms with Gasteiger partial charge in [-0.1, -0.05) is 24.5 Å². The molecule has 0 atom stereocenters. The molecule has 134 valence electrons. The molecule has 1 aromatic heterocycles. The summed E-state index contributed by atoms with van der Waals surface area (Å²) < 4.78 is 42.2. The van der Waals surface area contributed by atoms with Gasteiger partial charge in [0.15, 0.2) is 0 Å². The third-order valence-corrected chi connectivity index (χ3v) is 4.87. The van der Waals surface area contributed by atoms with Crippen molar-refractivity contribution in [3.63, 3.8) is 0 Å². The number of aliphatic hydroxyl groups excluding tert-OH is 1. The molecule has 2 heterocycles. The molecule has 3 rings (SSSR count). The fourth-order valence-electron chi connectivity index (χ4n) is 3.41. The van der Waals surface area contributed by atoms with Gasteiger partial charge in [0.25, 0.3) is 0 Å². The van der Waals surface area contributed by atoms with Crippen LogP contribution in [0.15, 0.2) is 0 Å². The highest BCUT2D eigenvalue weighted by Gasteiger charge is 2.56. The lowest BCUT2D eigenvalue weighted by atomic mass is 9.81. The van der Waals surface area contributed by atoms with E-state index in [2.05, 4.69) is 15.6 Å². The molecule has 10 heteroatoms. The van der Waals surface area contributed by atoms with Gasteiger partial charge >= 0.3 is 12.2 Å². The summed E-state index contributed by atoms with van der Waals surface area (Å²) in [5, 5.41) is 19.1. The predicted octanol–water partition coefficient (Wildman–Crippen LogP) is 1.56. The second-order valence-corrected chi connectivity index (χ2v) is 6.36. The van der Waals surface area contributed by atoms with Gasteiger partial charge in [-0.25, -0.2) is 9.48 Å². The van der Waals surface area contributed by atoms with Gasteiger partial charge in [-0.3, -0.25) is 0 Å². The van der Waals surface area contributed by atoms with Crippen molar-refractivity contribution in [2.24, 2.45) is 0 Å². The van der Waals surface area contributed by atoms with Crippen molar-refractivity contribution in [1.29, 1.82) is 0 Å². The number of rotatable bonds is 2. The van der Waals surface area contributed by atoms with Gasteiger partial charge in [-0.15, -0.1) is 5.10 Å². The smallest absolute Gasteiger partial charge is 0.390 e. The van der Waals surface area contributed by atoms with E-state index in [0.717, 1.165) is 6.42 Å². The average molecular weight is 347 g/mol. The first-order valence-corrected chi connectivity index (χ1v) is 8.02. The van der Waals surface area contributed by atoms with E-state index in [1.54, 1.807) is 4.68 Å². The van der Waals surface area contributed by atoms with Gasteiger partial charge < -0.3 is 15.3 Å². The monoisotopic (exact) mass is 347 g/mol. The number of fused-ring (bicyclic) bond motifs is 1. The first-order chi connectivity index (χ1) is 11.4. The molecular weight excluding hydrogens is 327 g/mol. The summed E-state index contributed by atoms with van der Waals surface area (Å²) in [5.41, 5.74) is -1.24. The molecule has 0 bridgehead atoms. The Morgan fingerprint density at radius 1 is 1.25 bits per heavy atom. The lowest BCUT2D eigenvalue weighted by Crippen LogP contribution is -2.62. The summed E-state index contributed by atoms with van der Waals surface area (Å²) in [7, 11) is 0. The molecule has 0 unspecified atom stereocenters. The summed E-state index contributed by atoms with van der Waals surface area (Å²) >= 11 is 0. The number of hydrogen-bond acceptors (Lipinski definition) is 4. The van der Waals surface area contributed by atoms with Gasteiger partial charge in [-0.2, -0.15) is 13.2 Å². The zero-order valence-electron chi connectivity index (χ0n) is 13.1. The number of hydrogen-bond donors (Lipinski definition) is 2. The molecule has 1 saturated carbocycles. The van der Waals surface area contributed by atoms with E-state index in [4.69, 9.17) is 0 Å². The normalized spacial score (nSPS) is 20.6. The molecule has 7 nitrogen and oxygen atoms in total. The van der Waals surface area contributed by atoms with Crippen LogP contribution in [0, 0.1) is 0 Å². The third kappa shape index (κ3) is 2.94. The number of carbonyl (C=O) groups is 1. The lowest BCUT2D eigenvalue weighted by molar-refractivity contribution is -0.202. The first kappa shape index (κ1) is 17.0. The van der Waals surface area contributed by atoms with E-state index < -0.39 is 17.7 Å². The van der Waals surface area contributed by atoms with Crippen molar-refractivity contribution >= 4 is 6.03 Å². The summed E-state index contributed by atoms with van der Waals surface area (Å²) in [6.45, 7) is 0.357. The molecule has 1 fully saturated rings. The number of aromatic nitrogens is 3. The van der Waals surface area contributed by atoms with Crippen molar-refractivity contribution in [3.8, 4) is 0 Å². The molecule has 0 aromatic carbocycles. The highest BCUT2D eigenvalue weighted by Crippen LogP contribution is 2.41. The van der Waals surface area contributed by atoms with Crippen molar-refractivity contribution in [1.82, 2.24) is 25.2 Å². The Labute approximate surface area is 136 Å². The number of halogens is 3. The van der Waals surface area contributed by atoms with E-state index in [-0.39, 0.29) is 32.5 Å². The molecule has 2 N–H and O–H groups in total. The van der Waals surface area contributed by atoms with Crippen LogP contribution in [-0.2, 0) is 19.7 Å². The lowest BCUT2D eigenvalue weighted by Gasteiger charge is -2.41. The Balaban J connectivity index is 1.74. The van der Waals surface area contributed by atoms with Crippen molar-refractivity contribution in [2.75, 3.05) is 6.54 Å². The number of urea groups is 1. The maximum absolute atomic E-state index is 13.5. The zero-order valence-corrected chi connectivity index (χ0v) is 13.1. The average Bonchev–Trinajstić information content (AvgIpc) is 2.96. The van der Waals surface area contributed by atoms with Crippen molar-refractivity contribution < 1.29 is 23.1 Å². The molecule has 0 saturated heterocycles. The van der Waals surface area contributed by atoms with E-state index in [1.165, 1.54) is 4.90 Å². The zero-order chi connectivity index (χ0) is 17.4. The van der Waals surface area contributed by atoms with Gasteiger partial charge in [0.1, 0.15) is 11.2 Å². The highest BCUT2D eigenvalue weighted by atomic mass is 19.4. The predicted molar refractivity (Wildman–Crippen MR) is 76.8 cm³/mol. The minimum Gasteiger partial charge on any atom is -0.390 e. The van der Waals surface area contributed by atoms with Crippen LogP contribution in [0.2, 0.25) is 0 Å². The largest absolute Gasteiger partial charge is 0.411 e. The van der Waals surface area contributed by atoms with E-state index in [1.807, 2.05) is 0 Å². The van der Waals surface area contributed by atoms with Crippen LogP contribution in [0.3, 0.4) is 0 Å². The second-order valence-electron chi connectivity index (χ2n) is 6.36. The molecule has 1 aliphatic heterocycles. The molecule has 1 aromatic rings. The maximum atomic E-state index is 13.5. The SMILES string of the molecule is O=C(NC1(C(F)(F)F)CCCCC1)N1CCn2nnc(CO)c2C1. The molecule has 2 amide bonds. The number of amides is 2. The summed E-state index contributed by atoms with van der Waals surface area (Å²) in [6.07, 6.45) is -2.99. The second kappa shape index (κ2) is 6.23. The van der Waals surface area contributed by atoms with Crippen LogP contribution in [0.1, 0.15) is 43.5 Å². The van der Waals surface area contributed by atoms with E-state index in [9.17, 15) is 23.1 Å². The number of aliphatic hydroxyl groups is 1. The summed E-state index contributed by atoms with van der Waals surface area (Å²) in [5.74, 6) is 0. The van der Waals surface area contributed by atoms with Gasteiger partial charge in [0.05, 0.1) is 25.4 Å². The maximum Gasteiger partial charge on any atom is 0.411 e. The fourth-order valence-corrected chi connectivity index (χ4v) is 3.41. The Hall–Kier alpha value is -1.84. The fraction of sp³-hybridized carbons (Fsp3) is 0.786. The minimum absolute atomic E-state index is 0.0859. The topological polar surface area (TPSA) is 83.3 Å². The van der Waals surface area contributed by atoms with Crippen LogP contribution >= 0.6 is 0 Å². The van der Waals surface area contributed by atoms with Crippen LogP contribution in [0.25, 0.3) is 0 Å². The standard InChI is InChI=1S/C14H20F3N5O2/c15-14(16,17)13(4-2-1-3-5-13)18-12(24)21-6-7-22-11(8-21)10(9-23)19-20-22/h23H,1-9H2,(H,18,24). The quantitative estimate of drug-likeness (QED) is 0.850. The summed E-state index contributed by atoms with van der Waals surface area (Å²) in [4.78, 5) is 13.8. The van der Waals surface area contributed by atoms with Crippen LogP contribution in [0.4, 0.5) is 18.0 Å². The Bertz CT molecular complexity index is 597. The van der Waals surface area contributed by atoms with Crippen LogP contribution in [-0.4, -0.2) is 49.3 Å². The summed E-state index contributed by atoms with van der Waals surface area (Å²) in [6, 6.07) is -0.731. The van der Waals surface area contributed by atoms with E-state index >= 15 is 0 Å². The first-order valence-electron chi connectivity index (χ1n) is 8.02. The number of alkyl halides is 3. The molecule has 2 aliphatic rings. The highest BCUT2D eigenvalue weighted by molar-refractivity contribution is 5.75. The Kier molecular flexibility index (Phi) is 4.41. The number of nitrogens with zero attached hydrogens (tertiary/aromatic N) is 4. The van der Waals surface area contributed by atoms with Crippen molar-refractivity contribution in [3.05, 3.63) is 11.4 Å². The molecular formula is C14H20F3N5O2.